The maximum Gasteiger partial charge on any atom is 0.130 e. The molecule has 1 N–H and O–H groups in total. The van der Waals surface area contributed by atoms with Crippen molar-refractivity contribution in [2.75, 3.05) is 6.61 Å². The van der Waals surface area contributed by atoms with Crippen molar-refractivity contribution in [3.8, 4) is 5.75 Å². The minimum Gasteiger partial charge on any atom is -0.487 e. The zero-order chi connectivity index (χ0) is 7.68. The first-order valence-electron chi connectivity index (χ1n) is 3.50. The van der Waals surface area contributed by atoms with Crippen molar-refractivity contribution >= 4 is 6.08 Å². The summed E-state index contributed by atoms with van der Waals surface area (Å²) in [5.41, 5.74) is 8.87. The molecule has 0 aliphatic carbocycles. The van der Waals surface area contributed by atoms with E-state index in [1.54, 1.807) is 0 Å². The number of fused-ring (bicyclic) bond motifs is 1. The first kappa shape index (κ1) is 6.28. The standard InChI is InChI=1S/C9H8NO/c10-8-5-7-3-1-2-4-9(7)11-6-8/h1-5,10H,6H2. The van der Waals surface area contributed by atoms with Crippen LogP contribution in [0.2, 0.25) is 0 Å². The highest BCUT2D eigenvalue weighted by Gasteiger charge is 2.07. The minimum absolute atomic E-state index is 0.400. The molecule has 1 radical (unpaired) electrons. The molecule has 55 valence electrons. The first-order valence-corrected chi connectivity index (χ1v) is 3.50. The summed E-state index contributed by atoms with van der Waals surface area (Å²) in [5, 5.41) is 0. The van der Waals surface area contributed by atoms with Gasteiger partial charge in [-0.1, -0.05) is 18.2 Å². The summed E-state index contributed by atoms with van der Waals surface area (Å²) in [5.74, 6) is 0.878. The number of rotatable bonds is 0. The van der Waals surface area contributed by atoms with E-state index in [1.165, 1.54) is 0 Å². The summed E-state index contributed by atoms with van der Waals surface area (Å²) in [6, 6.07) is 7.74. The molecule has 0 saturated carbocycles. The van der Waals surface area contributed by atoms with Gasteiger partial charge in [0.15, 0.2) is 0 Å². The van der Waals surface area contributed by atoms with E-state index < -0.39 is 0 Å². The van der Waals surface area contributed by atoms with Crippen molar-refractivity contribution in [2.24, 2.45) is 0 Å². The van der Waals surface area contributed by atoms with Crippen molar-refractivity contribution in [1.82, 2.24) is 5.73 Å². The Morgan fingerprint density at radius 2 is 2.09 bits per heavy atom. The van der Waals surface area contributed by atoms with Crippen LogP contribution in [0.4, 0.5) is 0 Å². The molecule has 0 atom stereocenters. The zero-order valence-electron chi connectivity index (χ0n) is 6.00. The van der Waals surface area contributed by atoms with Crippen LogP contribution in [0.5, 0.6) is 5.75 Å². The SMILES string of the molecule is [NH]C1=Cc2ccccc2OC1. The highest BCUT2D eigenvalue weighted by Crippen LogP contribution is 2.23. The Kier molecular flexibility index (Phi) is 1.32. The van der Waals surface area contributed by atoms with Crippen LogP contribution < -0.4 is 10.5 Å². The predicted molar refractivity (Wildman–Crippen MR) is 43.0 cm³/mol. The van der Waals surface area contributed by atoms with E-state index in [9.17, 15) is 0 Å². The molecule has 2 heteroatoms. The van der Waals surface area contributed by atoms with E-state index in [1.807, 2.05) is 30.3 Å². The van der Waals surface area contributed by atoms with Crippen LogP contribution >= 0.6 is 0 Å². The Hall–Kier alpha value is -1.44. The Bertz CT molecular complexity index is 304. The van der Waals surface area contributed by atoms with Crippen molar-refractivity contribution in [1.29, 1.82) is 0 Å². The minimum atomic E-state index is 0.400. The van der Waals surface area contributed by atoms with Crippen LogP contribution in [-0.4, -0.2) is 6.61 Å². The van der Waals surface area contributed by atoms with Crippen LogP contribution in [0.15, 0.2) is 30.0 Å². The molecule has 0 unspecified atom stereocenters. The van der Waals surface area contributed by atoms with E-state index in [4.69, 9.17) is 10.5 Å². The highest BCUT2D eigenvalue weighted by molar-refractivity contribution is 5.61. The van der Waals surface area contributed by atoms with Gasteiger partial charge in [-0.3, -0.25) is 0 Å². The van der Waals surface area contributed by atoms with Gasteiger partial charge < -0.3 is 10.5 Å². The highest BCUT2D eigenvalue weighted by atomic mass is 16.5. The molecule has 0 bridgehead atoms. The number of hydrogen-bond donors (Lipinski definition) is 0. The third-order valence-corrected chi connectivity index (χ3v) is 1.63. The molecule has 1 aliphatic rings. The lowest BCUT2D eigenvalue weighted by molar-refractivity contribution is 0.344. The summed E-state index contributed by atoms with van der Waals surface area (Å²) >= 11 is 0. The molecule has 1 aromatic rings. The summed E-state index contributed by atoms with van der Waals surface area (Å²) < 4.78 is 5.28. The van der Waals surface area contributed by atoms with Crippen molar-refractivity contribution < 1.29 is 4.74 Å². The smallest absolute Gasteiger partial charge is 0.130 e. The van der Waals surface area contributed by atoms with Gasteiger partial charge in [-0.15, -0.1) is 0 Å². The van der Waals surface area contributed by atoms with Crippen molar-refractivity contribution in [3.05, 3.63) is 35.5 Å². The molecule has 2 nitrogen and oxygen atoms in total. The van der Waals surface area contributed by atoms with Gasteiger partial charge in [-0.25, -0.2) is 0 Å². The zero-order valence-corrected chi connectivity index (χ0v) is 6.00. The fourth-order valence-corrected chi connectivity index (χ4v) is 1.12. The fourth-order valence-electron chi connectivity index (χ4n) is 1.12. The largest absolute Gasteiger partial charge is 0.487 e. The molecule has 0 spiro atoms. The predicted octanol–water partition coefficient (Wildman–Crippen LogP) is 1.70. The molecule has 0 amide bonds. The van der Waals surface area contributed by atoms with E-state index in [0.29, 0.717) is 12.3 Å². The van der Waals surface area contributed by atoms with E-state index in [-0.39, 0.29) is 0 Å². The van der Waals surface area contributed by atoms with Crippen LogP contribution in [0, 0.1) is 0 Å². The molecule has 1 heterocycles. The molecule has 0 saturated heterocycles. The van der Waals surface area contributed by atoms with Crippen molar-refractivity contribution in [3.63, 3.8) is 0 Å². The normalized spacial score (nSPS) is 14.7. The van der Waals surface area contributed by atoms with Crippen LogP contribution in [-0.2, 0) is 0 Å². The number of benzene rings is 1. The Balaban J connectivity index is 2.51. The van der Waals surface area contributed by atoms with Crippen molar-refractivity contribution in [2.45, 2.75) is 0 Å². The Labute approximate surface area is 65.3 Å². The van der Waals surface area contributed by atoms with Crippen LogP contribution in [0.1, 0.15) is 5.56 Å². The van der Waals surface area contributed by atoms with Gasteiger partial charge in [0.1, 0.15) is 12.4 Å². The number of para-hydroxylation sites is 1. The Morgan fingerprint density at radius 1 is 1.27 bits per heavy atom. The van der Waals surface area contributed by atoms with Gasteiger partial charge >= 0.3 is 0 Å². The monoisotopic (exact) mass is 146 g/mol. The first-order chi connectivity index (χ1) is 5.36. The molecule has 11 heavy (non-hydrogen) atoms. The van der Waals surface area contributed by atoms with Gasteiger partial charge in [0, 0.05) is 5.56 Å². The molecular weight excluding hydrogens is 138 g/mol. The third-order valence-electron chi connectivity index (χ3n) is 1.63. The molecule has 1 aromatic carbocycles. The summed E-state index contributed by atoms with van der Waals surface area (Å²) in [6.07, 6.45) is 1.83. The van der Waals surface area contributed by atoms with Gasteiger partial charge in [0.25, 0.3) is 0 Å². The summed E-state index contributed by atoms with van der Waals surface area (Å²) in [6.45, 7) is 0.400. The van der Waals surface area contributed by atoms with E-state index in [2.05, 4.69) is 0 Å². The summed E-state index contributed by atoms with van der Waals surface area (Å²) in [7, 11) is 0. The lowest BCUT2D eigenvalue weighted by Crippen LogP contribution is -2.07. The maximum atomic E-state index is 7.34. The summed E-state index contributed by atoms with van der Waals surface area (Å²) in [4.78, 5) is 0. The molecule has 2 rings (SSSR count). The average Bonchev–Trinajstić information content (AvgIpc) is 2.04. The molecule has 1 aliphatic heterocycles. The average molecular weight is 146 g/mol. The van der Waals surface area contributed by atoms with Gasteiger partial charge in [-0.2, -0.15) is 0 Å². The number of nitrogens with one attached hydrogen (secondary N) is 1. The maximum absolute atomic E-state index is 7.34. The van der Waals surface area contributed by atoms with E-state index in [0.717, 1.165) is 11.3 Å². The second-order valence-electron chi connectivity index (χ2n) is 2.50. The van der Waals surface area contributed by atoms with Gasteiger partial charge in [0.2, 0.25) is 0 Å². The molecule has 0 fully saturated rings. The van der Waals surface area contributed by atoms with Crippen LogP contribution in [0.25, 0.3) is 6.08 Å². The lowest BCUT2D eigenvalue weighted by atomic mass is 10.1. The Morgan fingerprint density at radius 3 is 3.00 bits per heavy atom. The van der Waals surface area contributed by atoms with Gasteiger partial charge in [0.05, 0.1) is 5.70 Å². The number of ether oxygens (including phenoxy) is 1. The molecule has 0 aromatic heterocycles. The number of hydrogen-bond acceptors (Lipinski definition) is 1. The quantitative estimate of drug-likeness (QED) is 0.548. The fraction of sp³-hybridized carbons (Fsp3) is 0.111. The molecular formula is C9H8NO. The third kappa shape index (κ3) is 1.07. The lowest BCUT2D eigenvalue weighted by Gasteiger charge is -2.13. The van der Waals surface area contributed by atoms with Crippen LogP contribution in [0.3, 0.4) is 0 Å². The van der Waals surface area contributed by atoms with Gasteiger partial charge in [-0.05, 0) is 12.1 Å². The van der Waals surface area contributed by atoms with E-state index >= 15 is 0 Å². The topological polar surface area (TPSA) is 33.0 Å². The second-order valence-corrected chi connectivity index (χ2v) is 2.50. The second kappa shape index (κ2) is 2.31.